The molecule has 0 saturated heterocycles. The highest BCUT2D eigenvalue weighted by Crippen LogP contribution is 2.21. The molecule has 0 bridgehead atoms. The largest absolute Gasteiger partial charge is 0.497 e. The molecule has 4 nitrogen and oxygen atoms in total. The minimum Gasteiger partial charge on any atom is -0.497 e. The lowest BCUT2D eigenvalue weighted by molar-refractivity contribution is 0.414. The molecule has 0 heterocycles. The van der Waals surface area contributed by atoms with Gasteiger partial charge in [-0.2, -0.15) is 0 Å². The molecule has 0 aromatic heterocycles. The van der Waals surface area contributed by atoms with Crippen LogP contribution in [0.4, 0.5) is 0 Å². The van der Waals surface area contributed by atoms with Crippen molar-refractivity contribution in [1.82, 2.24) is 4.72 Å². The zero-order valence-corrected chi connectivity index (χ0v) is 13.6. The van der Waals surface area contributed by atoms with Crippen molar-refractivity contribution in [3.8, 4) is 5.75 Å². The van der Waals surface area contributed by atoms with E-state index in [1.165, 1.54) is 0 Å². The van der Waals surface area contributed by atoms with Gasteiger partial charge in [0.1, 0.15) is 5.75 Å². The van der Waals surface area contributed by atoms with Gasteiger partial charge in [0.25, 0.3) is 0 Å². The van der Waals surface area contributed by atoms with Gasteiger partial charge in [-0.1, -0.05) is 49.4 Å². The van der Waals surface area contributed by atoms with Gasteiger partial charge in [0.2, 0.25) is 10.0 Å². The number of ether oxygens (including phenoxy) is 1. The monoisotopic (exact) mass is 319 g/mol. The molecule has 5 heteroatoms. The molecule has 0 aliphatic carbocycles. The average Bonchev–Trinajstić information content (AvgIpc) is 2.53. The summed E-state index contributed by atoms with van der Waals surface area (Å²) in [5, 5.41) is 0. The summed E-state index contributed by atoms with van der Waals surface area (Å²) in [6.07, 6.45) is 0.681. The molecule has 2 rings (SSSR count). The van der Waals surface area contributed by atoms with Crippen molar-refractivity contribution in [3.05, 3.63) is 65.7 Å². The molecule has 0 fully saturated rings. The summed E-state index contributed by atoms with van der Waals surface area (Å²) in [6, 6.07) is 16.4. The molecule has 0 radical (unpaired) electrons. The number of hydrogen-bond acceptors (Lipinski definition) is 3. The zero-order valence-electron chi connectivity index (χ0n) is 12.8. The molecule has 1 N–H and O–H groups in total. The van der Waals surface area contributed by atoms with Crippen LogP contribution >= 0.6 is 0 Å². The molecule has 118 valence electrons. The third-order valence-electron chi connectivity index (χ3n) is 3.45. The van der Waals surface area contributed by atoms with E-state index in [9.17, 15) is 8.42 Å². The lowest BCUT2D eigenvalue weighted by Gasteiger charge is -2.18. The van der Waals surface area contributed by atoms with E-state index in [0.29, 0.717) is 6.42 Å². The molecule has 0 aliphatic rings. The quantitative estimate of drug-likeness (QED) is 0.852. The number of methoxy groups -OCH3 is 1. The van der Waals surface area contributed by atoms with Gasteiger partial charge in [-0.15, -0.1) is 0 Å². The highest BCUT2D eigenvalue weighted by atomic mass is 32.2. The number of rotatable bonds is 7. The van der Waals surface area contributed by atoms with Gasteiger partial charge in [0.15, 0.2) is 0 Å². The Kier molecular flexibility index (Phi) is 5.57. The molecule has 2 aromatic rings. The summed E-state index contributed by atoms with van der Waals surface area (Å²) < 4.78 is 32.6. The van der Waals surface area contributed by atoms with Crippen LogP contribution < -0.4 is 9.46 Å². The van der Waals surface area contributed by atoms with Crippen molar-refractivity contribution in [2.75, 3.05) is 7.11 Å². The van der Waals surface area contributed by atoms with Gasteiger partial charge in [0.05, 0.1) is 12.9 Å². The minimum atomic E-state index is -3.39. The molecule has 0 unspecified atom stereocenters. The molecule has 0 saturated carbocycles. The number of hydrogen-bond donors (Lipinski definition) is 1. The Morgan fingerprint density at radius 3 is 2.23 bits per heavy atom. The smallest absolute Gasteiger partial charge is 0.216 e. The van der Waals surface area contributed by atoms with Crippen LogP contribution in [0.2, 0.25) is 0 Å². The third kappa shape index (κ3) is 4.58. The molecular weight excluding hydrogens is 298 g/mol. The van der Waals surface area contributed by atoms with Crippen LogP contribution in [0.3, 0.4) is 0 Å². The van der Waals surface area contributed by atoms with Crippen LogP contribution in [0.1, 0.15) is 30.5 Å². The predicted octanol–water partition coefficient (Wildman–Crippen LogP) is 3.27. The first-order valence-electron chi connectivity index (χ1n) is 7.22. The van der Waals surface area contributed by atoms with Crippen LogP contribution in [0.5, 0.6) is 5.75 Å². The Bertz CT molecular complexity index is 682. The fraction of sp³-hybridized carbons (Fsp3) is 0.294. The lowest BCUT2D eigenvalue weighted by atomic mass is 10.1. The van der Waals surface area contributed by atoms with Crippen LogP contribution in [0, 0.1) is 0 Å². The fourth-order valence-corrected chi connectivity index (χ4v) is 3.73. The van der Waals surface area contributed by atoms with Gasteiger partial charge < -0.3 is 4.74 Å². The molecule has 22 heavy (non-hydrogen) atoms. The Morgan fingerprint density at radius 2 is 1.68 bits per heavy atom. The van der Waals surface area contributed by atoms with Crippen molar-refractivity contribution < 1.29 is 13.2 Å². The minimum absolute atomic E-state index is 0.0134. The number of nitrogens with one attached hydrogen (secondary N) is 1. The first-order chi connectivity index (χ1) is 10.5. The van der Waals surface area contributed by atoms with Gasteiger partial charge in [-0.3, -0.25) is 0 Å². The van der Waals surface area contributed by atoms with Crippen molar-refractivity contribution >= 4 is 10.0 Å². The van der Waals surface area contributed by atoms with Gasteiger partial charge in [0, 0.05) is 6.04 Å². The topological polar surface area (TPSA) is 55.4 Å². The zero-order chi connectivity index (χ0) is 16.0. The maximum absolute atomic E-state index is 12.3. The first-order valence-corrected chi connectivity index (χ1v) is 8.87. The van der Waals surface area contributed by atoms with Gasteiger partial charge in [-0.25, -0.2) is 13.1 Å². The second kappa shape index (κ2) is 7.42. The molecule has 0 spiro atoms. The highest BCUT2D eigenvalue weighted by molar-refractivity contribution is 7.88. The standard InChI is InChI=1S/C17H21NO3S/c1-3-17(15-9-11-16(21-2)12-10-15)18-22(19,20)13-14-7-5-4-6-8-14/h4-12,17-18H,3,13H2,1-2H3/t17-/m0/s1. The van der Waals surface area contributed by atoms with Crippen molar-refractivity contribution in [1.29, 1.82) is 0 Å². The van der Waals surface area contributed by atoms with E-state index in [-0.39, 0.29) is 11.8 Å². The summed E-state index contributed by atoms with van der Waals surface area (Å²) in [7, 11) is -1.79. The summed E-state index contributed by atoms with van der Waals surface area (Å²) in [6.45, 7) is 1.96. The van der Waals surface area contributed by atoms with E-state index in [2.05, 4.69) is 4.72 Å². The Hall–Kier alpha value is -1.85. The van der Waals surface area contributed by atoms with Crippen LogP contribution in [-0.2, 0) is 15.8 Å². The summed E-state index contributed by atoms with van der Waals surface area (Å²) >= 11 is 0. The summed E-state index contributed by atoms with van der Waals surface area (Å²) in [5.41, 5.74) is 1.71. The molecule has 0 amide bonds. The lowest BCUT2D eigenvalue weighted by Crippen LogP contribution is -2.29. The predicted molar refractivity (Wildman–Crippen MR) is 88.2 cm³/mol. The van der Waals surface area contributed by atoms with E-state index in [0.717, 1.165) is 16.9 Å². The Balaban J connectivity index is 2.11. The number of sulfonamides is 1. The van der Waals surface area contributed by atoms with E-state index in [1.54, 1.807) is 7.11 Å². The van der Waals surface area contributed by atoms with Gasteiger partial charge in [-0.05, 0) is 29.7 Å². The first kappa shape index (κ1) is 16.5. The fourth-order valence-electron chi connectivity index (χ4n) is 2.28. The second-order valence-corrected chi connectivity index (χ2v) is 6.85. The normalized spacial score (nSPS) is 12.8. The molecule has 2 aromatic carbocycles. The van der Waals surface area contributed by atoms with Gasteiger partial charge >= 0.3 is 0 Å². The SMILES string of the molecule is CC[C@H](NS(=O)(=O)Cc1ccccc1)c1ccc(OC)cc1. The maximum atomic E-state index is 12.3. The third-order valence-corrected chi connectivity index (χ3v) is 4.80. The Labute approximate surface area is 132 Å². The highest BCUT2D eigenvalue weighted by Gasteiger charge is 2.18. The van der Waals surface area contributed by atoms with Crippen LogP contribution in [0.15, 0.2) is 54.6 Å². The van der Waals surface area contributed by atoms with E-state index in [1.807, 2.05) is 61.5 Å². The van der Waals surface area contributed by atoms with Crippen LogP contribution in [-0.4, -0.2) is 15.5 Å². The average molecular weight is 319 g/mol. The van der Waals surface area contributed by atoms with Crippen molar-refractivity contribution in [2.45, 2.75) is 25.1 Å². The Morgan fingerprint density at radius 1 is 1.05 bits per heavy atom. The second-order valence-electron chi connectivity index (χ2n) is 5.10. The maximum Gasteiger partial charge on any atom is 0.216 e. The molecular formula is C17H21NO3S. The summed E-state index contributed by atoms with van der Waals surface area (Å²) in [5.74, 6) is 0.742. The summed E-state index contributed by atoms with van der Waals surface area (Å²) in [4.78, 5) is 0. The molecule has 1 atom stereocenters. The van der Waals surface area contributed by atoms with E-state index in [4.69, 9.17) is 4.74 Å². The molecule has 0 aliphatic heterocycles. The number of benzene rings is 2. The van der Waals surface area contributed by atoms with Crippen molar-refractivity contribution in [3.63, 3.8) is 0 Å². The van der Waals surface area contributed by atoms with Crippen molar-refractivity contribution in [2.24, 2.45) is 0 Å². The van der Waals surface area contributed by atoms with Crippen LogP contribution in [0.25, 0.3) is 0 Å². The van der Waals surface area contributed by atoms with E-state index >= 15 is 0 Å². The van der Waals surface area contributed by atoms with E-state index < -0.39 is 10.0 Å².